The maximum absolute atomic E-state index is 6.36. The van der Waals surface area contributed by atoms with E-state index in [-0.39, 0.29) is 5.60 Å². The third-order valence-corrected chi connectivity index (χ3v) is 5.96. The number of ether oxygens (including phenoxy) is 1. The van der Waals surface area contributed by atoms with Crippen LogP contribution >= 0.6 is 0 Å². The van der Waals surface area contributed by atoms with Gasteiger partial charge in [0.2, 0.25) is 0 Å². The summed E-state index contributed by atoms with van der Waals surface area (Å²) in [7, 11) is 2.22. The molecular weight excluding hydrogens is 290 g/mol. The van der Waals surface area contributed by atoms with Crippen molar-refractivity contribution in [1.29, 1.82) is 0 Å². The van der Waals surface area contributed by atoms with Crippen molar-refractivity contribution in [3.8, 4) is 0 Å². The molecule has 0 amide bonds. The number of rotatable bonds is 3. The second kappa shape index (κ2) is 6.51. The summed E-state index contributed by atoms with van der Waals surface area (Å²) < 4.78 is 6.36. The first-order valence-electron chi connectivity index (χ1n) is 9.00. The number of likely N-dealkylation sites (N-methyl/N-ethyl adjacent to an activating group) is 1. The molecule has 4 rings (SSSR count). The molecule has 3 saturated heterocycles. The maximum Gasteiger partial charge on any atom is 0.0723 e. The van der Waals surface area contributed by atoms with Crippen molar-refractivity contribution in [2.75, 3.05) is 52.9 Å². The molecule has 0 bridgehead atoms. The lowest BCUT2D eigenvalue weighted by molar-refractivity contribution is -0.0456. The van der Waals surface area contributed by atoms with Crippen molar-refractivity contribution in [3.63, 3.8) is 0 Å². The lowest BCUT2D eigenvalue weighted by atomic mass is 9.87. The van der Waals surface area contributed by atoms with E-state index in [9.17, 15) is 0 Å². The standard InChI is InChI=1S/C17H29N5O/c1-20-8-10-22(11-9-20)16-12-17(23-14-16)3-6-21(7-4-17)13-15-2-5-18-19-15/h2,5,16H,3-4,6-14H2,1H3,(H,18,19)/t16-/m1/s1. The fourth-order valence-electron chi connectivity index (χ4n) is 4.32. The van der Waals surface area contributed by atoms with Gasteiger partial charge in [0, 0.05) is 63.7 Å². The van der Waals surface area contributed by atoms with Gasteiger partial charge in [0.15, 0.2) is 0 Å². The van der Waals surface area contributed by atoms with Crippen molar-refractivity contribution in [1.82, 2.24) is 24.9 Å². The van der Waals surface area contributed by atoms with Gasteiger partial charge in [-0.15, -0.1) is 0 Å². The summed E-state index contributed by atoms with van der Waals surface area (Å²) in [6.07, 6.45) is 5.41. The number of nitrogens with zero attached hydrogens (tertiary/aromatic N) is 4. The largest absolute Gasteiger partial charge is 0.373 e. The van der Waals surface area contributed by atoms with Gasteiger partial charge in [0.25, 0.3) is 0 Å². The number of aromatic nitrogens is 2. The van der Waals surface area contributed by atoms with Gasteiger partial charge in [0.05, 0.1) is 12.2 Å². The molecular formula is C17H29N5O. The Labute approximate surface area is 138 Å². The normalized spacial score (nSPS) is 30.2. The third kappa shape index (κ3) is 3.45. The van der Waals surface area contributed by atoms with Gasteiger partial charge in [-0.1, -0.05) is 0 Å². The zero-order valence-electron chi connectivity index (χ0n) is 14.2. The molecule has 0 saturated carbocycles. The Kier molecular flexibility index (Phi) is 4.41. The van der Waals surface area contributed by atoms with E-state index in [0.29, 0.717) is 6.04 Å². The van der Waals surface area contributed by atoms with E-state index in [1.807, 2.05) is 6.20 Å². The number of piperazine rings is 1. The lowest BCUT2D eigenvalue weighted by Crippen LogP contribution is -2.50. The number of likely N-dealkylation sites (tertiary alicyclic amines) is 1. The van der Waals surface area contributed by atoms with Crippen molar-refractivity contribution in [3.05, 3.63) is 18.0 Å². The van der Waals surface area contributed by atoms with Crippen LogP contribution in [0.2, 0.25) is 0 Å². The van der Waals surface area contributed by atoms with Gasteiger partial charge >= 0.3 is 0 Å². The minimum absolute atomic E-state index is 0.151. The average Bonchev–Trinajstić information content (AvgIpc) is 3.21. The van der Waals surface area contributed by atoms with Crippen LogP contribution in [-0.4, -0.2) is 89.5 Å². The summed E-state index contributed by atoms with van der Waals surface area (Å²) in [5, 5.41) is 7.11. The molecule has 1 N–H and O–H groups in total. The van der Waals surface area contributed by atoms with E-state index in [1.165, 1.54) is 51.1 Å². The van der Waals surface area contributed by atoms with Gasteiger partial charge < -0.3 is 9.64 Å². The molecule has 1 aromatic heterocycles. The highest BCUT2D eigenvalue weighted by atomic mass is 16.5. The second-order valence-electron chi connectivity index (χ2n) is 7.55. The minimum Gasteiger partial charge on any atom is -0.373 e. The van der Waals surface area contributed by atoms with Crippen LogP contribution in [0.5, 0.6) is 0 Å². The molecule has 6 nitrogen and oxygen atoms in total. The molecule has 4 heterocycles. The predicted octanol–water partition coefficient (Wildman–Crippen LogP) is 0.781. The van der Waals surface area contributed by atoms with E-state index in [2.05, 4.69) is 38.0 Å². The zero-order chi connectivity index (χ0) is 15.7. The number of aromatic amines is 1. The Bertz CT molecular complexity index is 489. The fraction of sp³-hybridized carbons (Fsp3) is 0.824. The summed E-state index contributed by atoms with van der Waals surface area (Å²) in [6.45, 7) is 8.98. The zero-order valence-corrected chi connectivity index (χ0v) is 14.2. The predicted molar refractivity (Wildman–Crippen MR) is 89.3 cm³/mol. The Hall–Kier alpha value is -0.950. The van der Waals surface area contributed by atoms with E-state index < -0.39 is 0 Å². The average molecular weight is 319 g/mol. The molecule has 0 radical (unpaired) electrons. The molecule has 0 aromatic carbocycles. The topological polar surface area (TPSA) is 47.6 Å². The Morgan fingerprint density at radius 1 is 1.22 bits per heavy atom. The highest BCUT2D eigenvalue weighted by Crippen LogP contribution is 2.38. The number of hydrogen-bond donors (Lipinski definition) is 1. The number of hydrogen-bond acceptors (Lipinski definition) is 5. The van der Waals surface area contributed by atoms with Crippen LogP contribution in [0.25, 0.3) is 0 Å². The van der Waals surface area contributed by atoms with Crippen molar-refractivity contribution >= 4 is 0 Å². The fourth-order valence-corrected chi connectivity index (χ4v) is 4.32. The monoisotopic (exact) mass is 319 g/mol. The summed E-state index contributed by atoms with van der Waals surface area (Å²) in [5.74, 6) is 0. The Morgan fingerprint density at radius 3 is 2.70 bits per heavy atom. The molecule has 1 atom stereocenters. The maximum atomic E-state index is 6.36. The molecule has 3 fully saturated rings. The molecule has 23 heavy (non-hydrogen) atoms. The summed E-state index contributed by atoms with van der Waals surface area (Å²) in [6, 6.07) is 2.71. The SMILES string of the molecule is CN1CCN([C@H]2COC3(CCN(Cc4ccn[nH]4)CC3)C2)CC1. The van der Waals surface area contributed by atoms with E-state index in [0.717, 1.165) is 26.2 Å². The molecule has 6 heteroatoms. The number of nitrogens with one attached hydrogen (secondary N) is 1. The van der Waals surface area contributed by atoms with Crippen molar-refractivity contribution < 1.29 is 4.74 Å². The first-order chi connectivity index (χ1) is 11.2. The molecule has 1 spiro atoms. The molecule has 3 aliphatic rings. The summed E-state index contributed by atoms with van der Waals surface area (Å²) >= 11 is 0. The highest BCUT2D eigenvalue weighted by molar-refractivity contribution is 5.01. The van der Waals surface area contributed by atoms with Crippen LogP contribution in [0.1, 0.15) is 25.0 Å². The van der Waals surface area contributed by atoms with E-state index >= 15 is 0 Å². The molecule has 1 aromatic rings. The second-order valence-corrected chi connectivity index (χ2v) is 7.55. The van der Waals surface area contributed by atoms with Crippen LogP contribution in [0.15, 0.2) is 12.3 Å². The minimum atomic E-state index is 0.151. The summed E-state index contributed by atoms with van der Waals surface area (Å²) in [4.78, 5) is 7.60. The van der Waals surface area contributed by atoms with Crippen LogP contribution in [0.3, 0.4) is 0 Å². The Morgan fingerprint density at radius 2 is 2.00 bits per heavy atom. The van der Waals surface area contributed by atoms with Crippen LogP contribution in [0.4, 0.5) is 0 Å². The van der Waals surface area contributed by atoms with E-state index in [4.69, 9.17) is 4.74 Å². The first-order valence-corrected chi connectivity index (χ1v) is 9.00. The molecule has 0 aliphatic carbocycles. The third-order valence-electron chi connectivity index (χ3n) is 5.96. The molecule has 128 valence electrons. The van der Waals surface area contributed by atoms with Gasteiger partial charge in [0.1, 0.15) is 0 Å². The quantitative estimate of drug-likeness (QED) is 0.892. The summed E-state index contributed by atoms with van der Waals surface area (Å²) in [5.41, 5.74) is 1.36. The van der Waals surface area contributed by atoms with Gasteiger partial charge in [-0.2, -0.15) is 5.10 Å². The van der Waals surface area contributed by atoms with E-state index in [1.54, 1.807) is 0 Å². The smallest absolute Gasteiger partial charge is 0.0723 e. The first kappa shape index (κ1) is 15.6. The van der Waals surface area contributed by atoms with Crippen LogP contribution < -0.4 is 0 Å². The van der Waals surface area contributed by atoms with Crippen LogP contribution in [-0.2, 0) is 11.3 Å². The van der Waals surface area contributed by atoms with Crippen molar-refractivity contribution in [2.24, 2.45) is 0 Å². The van der Waals surface area contributed by atoms with Gasteiger partial charge in [-0.3, -0.25) is 14.9 Å². The molecule has 3 aliphatic heterocycles. The van der Waals surface area contributed by atoms with Gasteiger partial charge in [-0.25, -0.2) is 0 Å². The molecule has 0 unspecified atom stereocenters. The van der Waals surface area contributed by atoms with Crippen LogP contribution in [0, 0.1) is 0 Å². The van der Waals surface area contributed by atoms with Gasteiger partial charge in [-0.05, 0) is 32.4 Å². The van der Waals surface area contributed by atoms with Crippen molar-refractivity contribution in [2.45, 2.75) is 37.5 Å². The Balaban J connectivity index is 1.28. The number of piperidine rings is 1. The number of H-pyrrole nitrogens is 1. The lowest BCUT2D eigenvalue weighted by Gasteiger charge is -2.39. The highest BCUT2D eigenvalue weighted by Gasteiger charge is 2.44.